The molecule has 0 bridgehead atoms. The van der Waals surface area contributed by atoms with Gasteiger partial charge in [-0.2, -0.15) is 11.8 Å². The third-order valence-electron chi connectivity index (χ3n) is 1.94. The third-order valence-corrected chi connectivity index (χ3v) is 2.95. The van der Waals surface area contributed by atoms with E-state index in [-0.39, 0.29) is 18.0 Å². The number of nitro benzene ring substituents is 1. The zero-order valence-corrected chi connectivity index (χ0v) is 9.70. The summed E-state index contributed by atoms with van der Waals surface area (Å²) in [4.78, 5) is 10.3. The number of ether oxygens (including phenoxy) is 1. The topological polar surface area (TPSA) is 72.6 Å². The fourth-order valence-corrected chi connectivity index (χ4v) is 1.91. The van der Waals surface area contributed by atoms with Crippen molar-refractivity contribution >= 4 is 17.4 Å². The van der Waals surface area contributed by atoms with Crippen LogP contribution in [0.4, 0.5) is 5.69 Å². The Morgan fingerprint density at radius 3 is 2.88 bits per heavy atom. The molecule has 0 spiro atoms. The Kier molecular flexibility index (Phi) is 5.07. The van der Waals surface area contributed by atoms with Crippen LogP contribution in [-0.2, 0) is 5.75 Å². The Labute approximate surface area is 97.6 Å². The molecular weight excluding hydrogens is 230 g/mol. The Bertz CT molecular complexity index is 370. The van der Waals surface area contributed by atoms with Crippen LogP contribution in [0.1, 0.15) is 5.56 Å². The van der Waals surface area contributed by atoms with Crippen LogP contribution in [0.3, 0.4) is 0 Å². The molecule has 0 atom stereocenters. The molecule has 0 unspecified atom stereocenters. The van der Waals surface area contributed by atoms with Crippen LogP contribution < -0.4 is 4.74 Å². The standard InChI is InChI=1S/C10H13NO4S/c1-15-10-3-2-8(7-16-5-4-12)6-9(10)11(13)14/h2-3,6,12H,4-5,7H2,1H3. The Morgan fingerprint density at radius 1 is 1.56 bits per heavy atom. The number of hydrogen-bond acceptors (Lipinski definition) is 5. The third kappa shape index (κ3) is 3.39. The largest absolute Gasteiger partial charge is 0.490 e. The van der Waals surface area contributed by atoms with Crippen LogP contribution in [0, 0.1) is 10.1 Å². The maximum atomic E-state index is 10.7. The van der Waals surface area contributed by atoms with Crippen molar-refractivity contribution in [1.82, 2.24) is 0 Å². The molecule has 0 aliphatic heterocycles. The second kappa shape index (κ2) is 6.34. The van der Waals surface area contributed by atoms with Gasteiger partial charge in [0.1, 0.15) is 0 Å². The van der Waals surface area contributed by atoms with Gasteiger partial charge in [0.25, 0.3) is 0 Å². The van der Waals surface area contributed by atoms with Gasteiger partial charge < -0.3 is 9.84 Å². The van der Waals surface area contributed by atoms with E-state index in [1.807, 2.05) is 0 Å². The summed E-state index contributed by atoms with van der Waals surface area (Å²) in [6.07, 6.45) is 0. The van der Waals surface area contributed by atoms with Crippen molar-refractivity contribution in [2.75, 3.05) is 19.5 Å². The number of benzene rings is 1. The molecule has 1 aromatic rings. The monoisotopic (exact) mass is 243 g/mol. The quantitative estimate of drug-likeness (QED) is 0.469. The highest BCUT2D eigenvalue weighted by Crippen LogP contribution is 2.28. The smallest absolute Gasteiger partial charge is 0.311 e. The molecule has 1 aromatic carbocycles. The average Bonchev–Trinajstić information content (AvgIpc) is 2.29. The van der Waals surface area contributed by atoms with Crippen LogP contribution in [-0.4, -0.2) is 29.5 Å². The van der Waals surface area contributed by atoms with Crippen LogP contribution in [0.5, 0.6) is 5.75 Å². The summed E-state index contributed by atoms with van der Waals surface area (Å²) >= 11 is 1.53. The Balaban J connectivity index is 2.81. The van der Waals surface area contributed by atoms with Gasteiger partial charge in [0.2, 0.25) is 0 Å². The number of nitrogens with zero attached hydrogens (tertiary/aromatic N) is 1. The molecule has 0 aromatic heterocycles. The van der Waals surface area contributed by atoms with Crippen molar-refractivity contribution in [2.24, 2.45) is 0 Å². The maximum Gasteiger partial charge on any atom is 0.311 e. The predicted molar refractivity (Wildman–Crippen MR) is 62.9 cm³/mol. The van der Waals surface area contributed by atoms with Crippen molar-refractivity contribution in [2.45, 2.75) is 5.75 Å². The molecule has 1 N–H and O–H groups in total. The van der Waals surface area contributed by atoms with Crippen LogP contribution in [0.15, 0.2) is 18.2 Å². The minimum Gasteiger partial charge on any atom is -0.490 e. The minimum atomic E-state index is -0.459. The first kappa shape index (κ1) is 12.8. The fourth-order valence-electron chi connectivity index (χ4n) is 1.22. The van der Waals surface area contributed by atoms with Gasteiger partial charge in [-0.25, -0.2) is 0 Å². The van der Waals surface area contributed by atoms with E-state index in [9.17, 15) is 10.1 Å². The first-order valence-corrected chi connectivity index (χ1v) is 5.84. The summed E-state index contributed by atoms with van der Waals surface area (Å²) in [6.45, 7) is 0.114. The van der Waals surface area contributed by atoms with E-state index in [2.05, 4.69) is 0 Å². The maximum absolute atomic E-state index is 10.7. The summed E-state index contributed by atoms with van der Waals surface area (Å²) in [5, 5.41) is 19.4. The Morgan fingerprint density at radius 2 is 2.31 bits per heavy atom. The van der Waals surface area contributed by atoms with Gasteiger partial charge in [-0.3, -0.25) is 10.1 Å². The molecule has 5 nitrogen and oxygen atoms in total. The van der Waals surface area contributed by atoms with E-state index in [4.69, 9.17) is 9.84 Å². The summed E-state index contributed by atoms with van der Waals surface area (Å²) in [5.74, 6) is 1.53. The minimum absolute atomic E-state index is 0.0235. The van der Waals surface area contributed by atoms with Crippen LogP contribution in [0.2, 0.25) is 0 Å². The van der Waals surface area contributed by atoms with Gasteiger partial charge >= 0.3 is 5.69 Å². The van der Waals surface area contributed by atoms with Crippen LogP contribution >= 0.6 is 11.8 Å². The van der Waals surface area contributed by atoms with E-state index in [0.29, 0.717) is 11.5 Å². The zero-order chi connectivity index (χ0) is 12.0. The fraction of sp³-hybridized carbons (Fsp3) is 0.400. The number of rotatable bonds is 6. The van der Waals surface area contributed by atoms with Gasteiger partial charge in [0.05, 0.1) is 18.6 Å². The molecule has 0 amide bonds. The lowest BCUT2D eigenvalue weighted by Crippen LogP contribution is -1.95. The molecule has 0 radical (unpaired) electrons. The molecule has 0 heterocycles. The average molecular weight is 243 g/mol. The van der Waals surface area contributed by atoms with E-state index in [0.717, 1.165) is 5.56 Å². The van der Waals surface area contributed by atoms with Crippen molar-refractivity contribution in [1.29, 1.82) is 0 Å². The van der Waals surface area contributed by atoms with Gasteiger partial charge in [0, 0.05) is 17.6 Å². The highest BCUT2D eigenvalue weighted by molar-refractivity contribution is 7.98. The summed E-state index contributed by atoms with van der Waals surface area (Å²) in [6, 6.07) is 4.88. The molecular formula is C10H13NO4S. The normalized spacial score (nSPS) is 10.1. The summed E-state index contributed by atoms with van der Waals surface area (Å²) < 4.78 is 4.90. The van der Waals surface area contributed by atoms with Crippen molar-refractivity contribution in [3.63, 3.8) is 0 Å². The van der Waals surface area contributed by atoms with E-state index in [1.165, 1.54) is 24.9 Å². The lowest BCUT2D eigenvalue weighted by Gasteiger charge is -2.04. The number of methoxy groups -OCH3 is 1. The van der Waals surface area contributed by atoms with Gasteiger partial charge in [-0.15, -0.1) is 0 Å². The van der Waals surface area contributed by atoms with Crippen molar-refractivity contribution in [3.8, 4) is 5.75 Å². The molecule has 6 heteroatoms. The summed E-state index contributed by atoms with van der Waals surface area (Å²) in [5.41, 5.74) is 0.829. The predicted octanol–water partition coefficient (Wildman–Crippen LogP) is 1.83. The molecule has 88 valence electrons. The van der Waals surface area contributed by atoms with Gasteiger partial charge in [-0.1, -0.05) is 6.07 Å². The van der Waals surface area contributed by atoms with E-state index in [1.54, 1.807) is 12.1 Å². The van der Waals surface area contributed by atoms with Crippen LogP contribution in [0.25, 0.3) is 0 Å². The molecule has 16 heavy (non-hydrogen) atoms. The summed E-state index contributed by atoms with van der Waals surface area (Å²) in [7, 11) is 1.41. The molecule has 0 saturated heterocycles. The number of hydrogen-bond donors (Lipinski definition) is 1. The lowest BCUT2D eigenvalue weighted by atomic mass is 10.2. The van der Waals surface area contributed by atoms with Gasteiger partial charge in [-0.05, 0) is 11.6 Å². The number of nitro groups is 1. The second-order valence-corrected chi connectivity index (χ2v) is 4.14. The molecule has 0 fully saturated rings. The zero-order valence-electron chi connectivity index (χ0n) is 8.88. The SMILES string of the molecule is COc1ccc(CSCCO)cc1[N+](=O)[O-]. The van der Waals surface area contributed by atoms with Crippen molar-refractivity contribution in [3.05, 3.63) is 33.9 Å². The first-order chi connectivity index (χ1) is 7.69. The first-order valence-electron chi connectivity index (χ1n) is 4.69. The molecule has 0 saturated carbocycles. The number of aliphatic hydroxyl groups is 1. The highest BCUT2D eigenvalue weighted by Gasteiger charge is 2.14. The molecule has 0 aliphatic carbocycles. The number of aliphatic hydroxyl groups excluding tert-OH is 1. The molecule has 0 aliphatic rings. The van der Waals surface area contributed by atoms with Crippen molar-refractivity contribution < 1.29 is 14.8 Å². The van der Waals surface area contributed by atoms with Gasteiger partial charge in [0.15, 0.2) is 5.75 Å². The van der Waals surface area contributed by atoms with E-state index >= 15 is 0 Å². The second-order valence-electron chi connectivity index (χ2n) is 3.04. The Hall–Kier alpha value is -1.27. The lowest BCUT2D eigenvalue weighted by molar-refractivity contribution is -0.385. The highest BCUT2D eigenvalue weighted by atomic mass is 32.2. The molecule has 1 rings (SSSR count). The number of thioether (sulfide) groups is 1. The van der Waals surface area contributed by atoms with E-state index < -0.39 is 4.92 Å².